The van der Waals surface area contributed by atoms with Crippen molar-refractivity contribution < 1.29 is 19.0 Å². The van der Waals surface area contributed by atoms with Crippen molar-refractivity contribution in [2.45, 2.75) is 13.5 Å². The van der Waals surface area contributed by atoms with E-state index in [9.17, 15) is 4.79 Å². The average molecular weight is 378 g/mol. The van der Waals surface area contributed by atoms with E-state index in [1.807, 2.05) is 19.1 Å². The summed E-state index contributed by atoms with van der Waals surface area (Å²) in [6.45, 7) is 3.80. The van der Waals surface area contributed by atoms with Crippen LogP contribution in [-0.2, 0) is 11.3 Å². The van der Waals surface area contributed by atoms with E-state index in [0.717, 1.165) is 5.56 Å². The number of hydrogen-bond acceptors (Lipinski definition) is 4. The lowest BCUT2D eigenvalue weighted by Crippen LogP contribution is -2.27. The molecule has 5 nitrogen and oxygen atoms in total. The molecular weight excluding hydrogens is 354 g/mol. The summed E-state index contributed by atoms with van der Waals surface area (Å²) in [5.74, 6) is 1.09. The van der Waals surface area contributed by atoms with Gasteiger partial charge in [0.2, 0.25) is 0 Å². The zero-order valence-corrected chi connectivity index (χ0v) is 16.1. The average Bonchev–Trinajstić information content (AvgIpc) is 2.65. The molecule has 0 aliphatic carbocycles. The number of hydrogen-bond donors (Lipinski definition) is 0. The highest BCUT2D eigenvalue weighted by molar-refractivity contribution is 6.30. The zero-order chi connectivity index (χ0) is 18.9. The van der Waals surface area contributed by atoms with Crippen LogP contribution in [0.1, 0.15) is 22.8 Å². The van der Waals surface area contributed by atoms with Crippen molar-refractivity contribution in [3.8, 4) is 11.5 Å². The zero-order valence-electron chi connectivity index (χ0n) is 15.3. The van der Waals surface area contributed by atoms with E-state index in [-0.39, 0.29) is 5.91 Å². The van der Waals surface area contributed by atoms with Gasteiger partial charge in [0.25, 0.3) is 5.91 Å². The summed E-state index contributed by atoms with van der Waals surface area (Å²) >= 11 is 6.07. The Hall–Kier alpha value is -2.24. The van der Waals surface area contributed by atoms with Crippen molar-refractivity contribution in [2.75, 3.05) is 34.0 Å². The fourth-order valence-corrected chi connectivity index (χ4v) is 2.72. The second-order valence-corrected chi connectivity index (χ2v) is 6.10. The third kappa shape index (κ3) is 5.38. The van der Waals surface area contributed by atoms with Crippen molar-refractivity contribution >= 4 is 17.5 Å². The summed E-state index contributed by atoms with van der Waals surface area (Å²) in [5.41, 5.74) is 1.35. The van der Waals surface area contributed by atoms with Crippen LogP contribution < -0.4 is 9.47 Å². The molecule has 140 valence electrons. The molecule has 0 aliphatic heterocycles. The van der Waals surface area contributed by atoms with Gasteiger partial charge in [0.1, 0.15) is 18.1 Å². The normalized spacial score (nSPS) is 10.5. The van der Waals surface area contributed by atoms with Crippen molar-refractivity contribution in [1.29, 1.82) is 0 Å². The lowest BCUT2D eigenvalue weighted by Gasteiger charge is -2.20. The monoisotopic (exact) mass is 377 g/mol. The molecule has 0 spiro atoms. The fourth-order valence-electron chi connectivity index (χ4n) is 2.53. The first-order chi connectivity index (χ1) is 12.6. The van der Waals surface area contributed by atoms with Crippen LogP contribution in [0.3, 0.4) is 0 Å². The van der Waals surface area contributed by atoms with Crippen LogP contribution in [0, 0.1) is 0 Å². The van der Waals surface area contributed by atoms with Gasteiger partial charge in [-0.1, -0.05) is 23.7 Å². The number of methoxy groups -OCH3 is 1. The molecule has 0 aromatic heterocycles. The van der Waals surface area contributed by atoms with Gasteiger partial charge >= 0.3 is 0 Å². The minimum atomic E-state index is -0.140. The van der Waals surface area contributed by atoms with Crippen LogP contribution in [0.25, 0.3) is 0 Å². The van der Waals surface area contributed by atoms with Gasteiger partial charge in [0.05, 0.1) is 19.3 Å². The fraction of sp³-hybridized carbons (Fsp3) is 0.350. The van der Waals surface area contributed by atoms with Gasteiger partial charge in [-0.15, -0.1) is 0 Å². The molecule has 0 heterocycles. The van der Waals surface area contributed by atoms with E-state index in [0.29, 0.717) is 48.5 Å². The summed E-state index contributed by atoms with van der Waals surface area (Å²) in [7, 11) is 3.33. The Balaban J connectivity index is 2.12. The molecule has 0 aliphatic rings. The molecule has 0 atom stereocenters. The first kappa shape index (κ1) is 20.1. The summed E-state index contributed by atoms with van der Waals surface area (Å²) in [6.07, 6.45) is 0. The molecule has 2 aromatic rings. The lowest BCUT2D eigenvalue weighted by atomic mass is 10.1. The molecule has 26 heavy (non-hydrogen) atoms. The smallest absolute Gasteiger partial charge is 0.257 e. The van der Waals surface area contributed by atoms with Crippen LogP contribution in [-0.4, -0.2) is 44.8 Å². The predicted octanol–water partition coefficient (Wildman–Crippen LogP) is 4.04. The molecule has 0 N–H and O–H groups in total. The number of halogens is 1. The van der Waals surface area contributed by atoms with Crippen LogP contribution >= 0.6 is 11.6 Å². The van der Waals surface area contributed by atoms with Gasteiger partial charge in [-0.2, -0.15) is 0 Å². The second kappa shape index (κ2) is 10.0. The minimum Gasteiger partial charge on any atom is -0.496 e. The predicted molar refractivity (Wildman–Crippen MR) is 102 cm³/mol. The van der Waals surface area contributed by atoms with E-state index < -0.39 is 0 Å². The SMILES string of the molecule is CCOCCOc1ccccc1C(=O)N(C)Cc1cc(Cl)ccc1OC. The van der Waals surface area contributed by atoms with E-state index in [1.54, 1.807) is 49.4 Å². The van der Waals surface area contributed by atoms with Gasteiger partial charge in [0, 0.05) is 30.8 Å². The van der Waals surface area contributed by atoms with E-state index in [1.165, 1.54) is 0 Å². The Morgan fingerprint density at radius 2 is 1.88 bits per heavy atom. The number of rotatable bonds is 9. The maximum absolute atomic E-state index is 12.9. The molecule has 0 saturated heterocycles. The van der Waals surface area contributed by atoms with Gasteiger partial charge in [-0.05, 0) is 37.3 Å². The lowest BCUT2D eigenvalue weighted by molar-refractivity contribution is 0.0773. The summed E-state index contributed by atoms with van der Waals surface area (Å²) in [5, 5.41) is 0.598. The highest BCUT2D eigenvalue weighted by Crippen LogP contribution is 2.25. The Bertz CT molecular complexity index is 736. The van der Waals surface area contributed by atoms with Crippen molar-refractivity contribution in [2.24, 2.45) is 0 Å². The number of nitrogens with zero attached hydrogens (tertiary/aromatic N) is 1. The number of amides is 1. The number of carbonyl (C=O) groups excluding carboxylic acids is 1. The Morgan fingerprint density at radius 3 is 2.62 bits per heavy atom. The minimum absolute atomic E-state index is 0.140. The highest BCUT2D eigenvalue weighted by atomic mass is 35.5. The van der Waals surface area contributed by atoms with Gasteiger partial charge in [-0.3, -0.25) is 4.79 Å². The molecule has 0 bridgehead atoms. The molecule has 0 radical (unpaired) electrons. The van der Waals surface area contributed by atoms with E-state index in [4.69, 9.17) is 25.8 Å². The second-order valence-electron chi connectivity index (χ2n) is 5.66. The van der Waals surface area contributed by atoms with E-state index >= 15 is 0 Å². The van der Waals surface area contributed by atoms with Crippen molar-refractivity contribution in [3.05, 3.63) is 58.6 Å². The number of carbonyl (C=O) groups is 1. The quantitative estimate of drug-likeness (QED) is 0.619. The summed E-state index contributed by atoms with van der Waals surface area (Å²) < 4.78 is 16.3. The topological polar surface area (TPSA) is 48.0 Å². The highest BCUT2D eigenvalue weighted by Gasteiger charge is 2.18. The molecule has 6 heteroatoms. The molecule has 2 aromatic carbocycles. The molecule has 2 rings (SSSR count). The van der Waals surface area contributed by atoms with Crippen LogP contribution in [0.4, 0.5) is 0 Å². The first-order valence-electron chi connectivity index (χ1n) is 8.44. The van der Waals surface area contributed by atoms with E-state index in [2.05, 4.69) is 0 Å². The van der Waals surface area contributed by atoms with Gasteiger partial charge < -0.3 is 19.1 Å². The van der Waals surface area contributed by atoms with Crippen LogP contribution in [0.2, 0.25) is 5.02 Å². The standard InChI is InChI=1S/C20H24ClNO4/c1-4-25-11-12-26-19-8-6-5-7-17(19)20(23)22(2)14-15-13-16(21)9-10-18(15)24-3/h5-10,13H,4,11-12,14H2,1-3H3. The van der Waals surface area contributed by atoms with Crippen molar-refractivity contribution in [3.63, 3.8) is 0 Å². The van der Waals surface area contributed by atoms with Gasteiger partial charge in [-0.25, -0.2) is 0 Å². The third-order valence-corrected chi connectivity index (χ3v) is 4.04. The van der Waals surface area contributed by atoms with Crippen molar-refractivity contribution in [1.82, 2.24) is 4.90 Å². The Morgan fingerprint density at radius 1 is 1.12 bits per heavy atom. The maximum Gasteiger partial charge on any atom is 0.257 e. The number of ether oxygens (including phenoxy) is 3. The molecule has 0 fully saturated rings. The van der Waals surface area contributed by atoms with Crippen LogP contribution in [0.15, 0.2) is 42.5 Å². The Kier molecular flexibility index (Phi) is 7.75. The third-order valence-electron chi connectivity index (χ3n) is 3.80. The largest absolute Gasteiger partial charge is 0.496 e. The molecule has 1 amide bonds. The number of para-hydroxylation sites is 1. The molecule has 0 unspecified atom stereocenters. The summed E-state index contributed by atoms with van der Waals surface area (Å²) in [4.78, 5) is 14.5. The van der Waals surface area contributed by atoms with Crippen LogP contribution in [0.5, 0.6) is 11.5 Å². The summed E-state index contributed by atoms with van der Waals surface area (Å²) in [6, 6.07) is 12.5. The molecule has 0 saturated carbocycles. The van der Waals surface area contributed by atoms with Gasteiger partial charge in [0.15, 0.2) is 0 Å². The maximum atomic E-state index is 12.9. The number of benzene rings is 2. The first-order valence-corrected chi connectivity index (χ1v) is 8.82. The molecular formula is C20H24ClNO4. The Labute approximate surface area is 159 Å².